The minimum Gasteiger partial charge on any atom is -0.491 e. The monoisotopic (exact) mass is 503 g/mol. The Labute approximate surface area is 204 Å². The summed E-state index contributed by atoms with van der Waals surface area (Å²) in [4.78, 5) is 3.79. The second-order valence-corrected chi connectivity index (χ2v) is 9.36. The van der Waals surface area contributed by atoms with Crippen LogP contribution >= 0.6 is 11.3 Å². The molecule has 3 heterocycles. The minimum absolute atomic E-state index is 0.105. The number of piperazine rings is 1. The van der Waals surface area contributed by atoms with Gasteiger partial charge in [0.15, 0.2) is 5.58 Å². The molecule has 35 heavy (non-hydrogen) atoms. The zero-order valence-corrected chi connectivity index (χ0v) is 19.6. The quantitative estimate of drug-likeness (QED) is 0.377. The number of fused-ring (bicyclic) bond motifs is 1. The Morgan fingerprint density at radius 3 is 2.66 bits per heavy atom. The lowest BCUT2D eigenvalue weighted by Crippen LogP contribution is -2.49. The molecule has 0 spiro atoms. The molecule has 2 aromatic heterocycles. The lowest BCUT2D eigenvalue weighted by Gasteiger charge is -2.37. The van der Waals surface area contributed by atoms with Crippen molar-refractivity contribution in [3.8, 4) is 17.0 Å². The summed E-state index contributed by atoms with van der Waals surface area (Å²) in [5, 5.41) is 16.6. The number of nitrogens with zero attached hydrogens (tertiary/aromatic N) is 3. The molecule has 1 aliphatic rings. The molecule has 0 unspecified atom stereocenters. The van der Waals surface area contributed by atoms with E-state index in [1.165, 1.54) is 12.1 Å². The molecule has 1 aliphatic heterocycles. The highest BCUT2D eigenvalue weighted by atomic mass is 32.1. The van der Waals surface area contributed by atoms with Gasteiger partial charge in [-0.2, -0.15) is 13.2 Å². The van der Waals surface area contributed by atoms with Gasteiger partial charge in [-0.3, -0.25) is 4.90 Å². The molecule has 1 fully saturated rings. The van der Waals surface area contributed by atoms with Gasteiger partial charge in [-0.15, -0.1) is 11.3 Å². The zero-order chi connectivity index (χ0) is 24.4. The van der Waals surface area contributed by atoms with E-state index in [-0.39, 0.29) is 12.3 Å². The minimum atomic E-state index is -4.39. The number of rotatable bonds is 7. The summed E-state index contributed by atoms with van der Waals surface area (Å²) in [5.74, 6) is 0.614. The number of halogens is 3. The van der Waals surface area contributed by atoms with Gasteiger partial charge in [0.1, 0.15) is 28.9 Å². The topological polar surface area (TPSA) is 62.0 Å². The summed E-state index contributed by atoms with van der Waals surface area (Å²) >= 11 is 1.56. The van der Waals surface area contributed by atoms with Gasteiger partial charge in [-0.1, -0.05) is 29.4 Å². The van der Waals surface area contributed by atoms with Crippen molar-refractivity contribution < 1.29 is 27.5 Å². The van der Waals surface area contributed by atoms with E-state index < -0.39 is 17.8 Å². The summed E-state index contributed by atoms with van der Waals surface area (Å²) in [6.07, 6.45) is -5.12. The van der Waals surface area contributed by atoms with Crippen LogP contribution in [-0.4, -0.2) is 60.6 Å². The van der Waals surface area contributed by atoms with Crippen molar-refractivity contribution in [2.45, 2.75) is 12.3 Å². The fraction of sp³-hybridized carbons (Fsp3) is 0.320. The molecule has 5 rings (SSSR count). The molecule has 1 N–H and O–H groups in total. The van der Waals surface area contributed by atoms with Crippen LogP contribution in [0.3, 0.4) is 0 Å². The van der Waals surface area contributed by atoms with Gasteiger partial charge >= 0.3 is 6.18 Å². The first-order chi connectivity index (χ1) is 16.9. The first kappa shape index (κ1) is 23.7. The first-order valence-corrected chi connectivity index (χ1v) is 12.1. The van der Waals surface area contributed by atoms with Crippen LogP contribution in [0.4, 0.5) is 18.9 Å². The van der Waals surface area contributed by atoms with E-state index in [1.807, 2.05) is 40.6 Å². The molecule has 0 amide bonds. The first-order valence-electron chi connectivity index (χ1n) is 11.3. The largest absolute Gasteiger partial charge is 0.491 e. The number of hydrogen-bond donors (Lipinski definition) is 1. The van der Waals surface area contributed by atoms with Crippen LogP contribution in [0.5, 0.6) is 5.75 Å². The Kier molecular flexibility index (Phi) is 6.68. The Morgan fingerprint density at radius 2 is 1.86 bits per heavy atom. The molecule has 4 aromatic rings. The van der Waals surface area contributed by atoms with Crippen LogP contribution in [0.2, 0.25) is 0 Å². The highest BCUT2D eigenvalue weighted by Crippen LogP contribution is 2.37. The summed E-state index contributed by atoms with van der Waals surface area (Å²) < 4.78 is 52.2. The van der Waals surface area contributed by atoms with Crippen LogP contribution in [0.25, 0.3) is 21.5 Å². The summed E-state index contributed by atoms with van der Waals surface area (Å²) in [6.45, 7) is 2.51. The number of anilines is 1. The Hall–Kier alpha value is -3.08. The average Bonchev–Trinajstić information content (AvgIpc) is 3.47. The second kappa shape index (κ2) is 9.88. The van der Waals surface area contributed by atoms with Crippen LogP contribution in [0, 0.1) is 0 Å². The maximum atomic E-state index is 13.3. The normalized spacial score (nSPS) is 16.1. The third-order valence-corrected chi connectivity index (χ3v) is 6.92. The Bertz CT molecular complexity index is 1280. The van der Waals surface area contributed by atoms with Gasteiger partial charge in [0, 0.05) is 44.0 Å². The van der Waals surface area contributed by atoms with E-state index in [4.69, 9.17) is 9.26 Å². The highest BCUT2D eigenvalue weighted by Gasteiger charge is 2.35. The van der Waals surface area contributed by atoms with E-state index >= 15 is 0 Å². The summed E-state index contributed by atoms with van der Waals surface area (Å²) in [5.41, 5.74) is 1.96. The molecule has 0 bridgehead atoms. The van der Waals surface area contributed by atoms with Crippen molar-refractivity contribution in [2.24, 2.45) is 0 Å². The third kappa shape index (κ3) is 5.29. The molecule has 1 atom stereocenters. The zero-order valence-electron chi connectivity index (χ0n) is 18.7. The van der Waals surface area contributed by atoms with Crippen molar-refractivity contribution in [1.82, 2.24) is 10.1 Å². The number of benzene rings is 2. The predicted octanol–water partition coefficient (Wildman–Crippen LogP) is 5.14. The van der Waals surface area contributed by atoms with Crippen LogP contribution in [-0.2, 0) is 6.18 Å². The van der Waals surface area contributed by atoms with Gasteiger partial charge in [0.2, 0.25) is 0 Å². The van der Waals surface area contributed by atoms with E-state index in [2.05, 4.69) is 5.16 Å². The van der Waals surface area contributed by atoms with Gasteiger partial charge < -0.3 is 19.3 Å². The molecule has 0 radical (unpaired) electrons. The maximum absolute atomic E-state index is 13.3. The number of thiophene rings is 1. The second-order valence-electron chi connectivity index (χ2n) is 8.44. The van der Waals surface area contributed by atoms with Crippen molar-refractivity contribution in [3.63, 3.8) is 0 Å². The van der Waals surface area contributed by atoms with Crippen molar-refractivity contribution in [2.75, 3.05) is 44.2 Å². The number of ether oxygens (including phenoxy) is 1. The number of alkyl halides is 3. The fourth-order valence-corrected chi connectivity index (χ4v) is 5.11. The molecule has 0 aliphatic carbocycles. The Morgan fingerprint density at radius 1 is 1.06 bits per heavy atom. The molecular weight excluding hydrogens is 479 g/mol. The predicted molar refractivity (Wildman–Crippen MR) is 129 cm³/mol. The van der Waals surface area contributed by atoms with Gasteiger partial charge in [-0.25, -0.2) is 0 Å². The SMILES string of the molecule is O[C@@H](COc1cccc(-c2noc3ccsc23)c1)CN1CCN(c2ccccc2C(F)(F)F)CC1. The van der Waals surface area contributed by atoms with E-state index in [9.17, 15) is 18.3 Å². The molecular formula is C25H24F3N3O3S. The molecule has 0 saturated carbocycles. The fourth-order valence-electron chi connectivity index (χ4n) is 4.30. The number of hydrogen-bond acceptors (Lipinski definition) is 7. The van der Waals surface area contributed by atoms with Crippen LogP contribution in [0.1, 0.15) is 5.56 Å². The number of aliphatic hydroxyl groups is 1. The lowest BCUT2D eigenvalue weighted by molar-refractivity contribution is -0.137. The number of aliphatic hydroxyl groups excluding tert-OH is 1. The highest BCUT2D eigenvalue weighted by molar-refractivity contribution is 7.17. The number of β-amino-alcohol motifs (C(OH)–C–C–N with tert-alkyl or cyclic N) is 1. The number of para-hydroxylation sites is 1. The summed E-state index contributed by atoms with van der Waals surface area (Å²) in [7, 11) is 0. The maximum Gasteiger partial charge on any atom is 0.418 e. The van der Waals surface area contributed by atoms with Gasteiger partial charge in [0.05, 0.1) is 5.56 Å². The number of aromatic nitrogens is 1. The smallest absolute Gasteiger partial charge is 0.418 e. The molecule has 10 heteroatoms. The van der Waals surface area contributed by atoms with Crippen molar-refractivity contribution in [3.05, 3.63) is 65.5 Å². The molecule has 184 valence electrons. The van der Waals surface area contributed by atoms with Crippen LogP contribution in [0.15, 0.2) is 64.5 Å². The van der Waals surface area contributed by atoms with E-state index in [0.717, 1.165) is 27.6 Å². The Balaban J connectivity index is 1.14. The molecule has 1 saturated heterocycles. The van der Waals surface area contributed by atoms with Gasteiger partial charge in [0.25, 0.3) is 0 Å². The van der Waals surface area contributed by atoms with Crippen LogP contribution < -0.4 is 9.64 Å². The average molecular weight is 504 g/mol. The van der Waals surface area contributed by atoms with E-state index in [0.29, 0.717) is 38.5 Å². The molecule has 2 aromatic carbocycles. The lowest BCUT2D eigenvalue weighted by atomic mass is 10.1. The standard InChI is InChI=1S/C25H24F3N3O3S/c26-25(27,28)20-6-1-2-7-21(20)31-11-9-30(10-12-31)15-18(32)16-33-19-5-3-4-17(14-19)23-24-22(34-29-23)8-13-35-24/h1-8,13-14,18,32H,9-12,15-16H2/t18-/m1/s1. The summed E-state index contributed by atoms with van der Waals surface area (Å²) in [6, 6.07) is 15.0. The third-order valence-electron chi connectivity index (χ3n) is 6.02. The van der Waals surface area contributed by atoms with Gasteiger partial charge in [-0.05, 0) is 35.7 Å². The van der Waals surface area contributed by atoms with Crippen molar-refractivity contribution >= 4 is 27.3 Å². The van der Waals surface area contributed by atoms with E-state index in [1.54, 1.807) is 22.3 Å². The van der Waals surface area contributed by atoms with Crippen molar-refractivity contribution in [1.29, 1.82) is 0 Å². The molecule has 6 nitrogen and oxygen atoms in total.